The number of carbonyl (C=O) groups is 2. The number of urea groups is 1. The molecule has 0 bridgehead atoms. The first-order chi connectivity index (χ1) is 10.6. The molecule has 0 saturated carbocycles. The fourth-order valence-electron chi connectivity index (χ4n) is 1.82. The number of hydrogen-bond acceptors (Lipinski definition) is 3. The number of carboxylic acids is 1. The molecule has 0 aromatic heterocycles. The number of amides is 2. The first-order valence-electron chi connectivity index (χ1n) is 6.59. The number of rotatable bonds is 5. The van der Waals surface area contributed by atoms with Crippen molar-refractivity contribution in [2.45, 2.75) is 6.54 Å². The van der Waals surface area contributed by atoms with Crippen LogP contribution in [-0.2, 0) is 6.54 Å². The summed E-state index contributed by atoms with van der Waals surface area (Å²) in [4.78, 5) is 22.5. The van der Waals surface area contributed by atoms with Gasteiger partial charge in [0.05, 0.1) is 12.7 Å². The van der Waals surface area contributed by atoms with Crippen LogP contribution >= 0.6 is 0 Å². The second-order valence-electron chi connectivity index (χ2n) is 4.54. The first-order valence-corrected chi connectivity index (χ1v) is 6.59. The van der Waals surface area contributed by atoms with Gasteiger partial charge in [0.15, 0.2) is 0 Å². The lowest BCUT2D eigenvalue weighted by atomic mass is 10.1. The van der Waals surface area contributed by atoms with E-state index in [2.05, 4.69) is 10.6 Å². The van der Waals surface area contributed by atoms with E-state index in [4.69, 9.17) is 9.84 Å². The van der Waals surface area contributed by atoms with Crippen molar-refractivity contribution >= 4 is 17.7 Å². The Morgan fingerprint density at radius 1 is 1.14 bits per heavy atom. The lowest BCUT2D eigenvalue weighted by molar-refractivity contribution is 0.0697. The highest BCUT2D eigenvalue weighted by Crippen LogP contribution is 2.16. The predicted molar refractivity (Wildman–Crippen MR) is 82.3 cm³/mol. The molecule has 22 heavy (non-hydrogen) atoms. The average molecular weight is 300 g/mol. The summed E-state index contributed by atoms with van der Waals surface area (Å²) in [5.41, 5.74) is 1.65. The van der Waals surface area contributed by atoms with Crippen molar-refractivity contribution in [3.63, 3.8) is 0 Å². The first kappa shape index (κ1) is 15.4. The van der Waals surface area contributed by atoms with E-state index in [1.165, 1.54) is 12.1 Å². The molecule has 3 N–H and O–H groups in total. The summed E-state index contributed by atoms with van der Waals surface area (Å²) in [6.07, 6.45) is 0. The number of carbonyl (C=O) groups excluding carboxylic acids is 1. The Kier molecular flexibility index (Phi) is 4.98. The van der Waals surface area contributed by atoms with Crippen molar-refractivity contribution in [1.29, 1.82) is 0 Å². The lowest BCUT2D eigenvalue weighted by Crippen LogP contribution is -2.28. The van der Waals surface area contributed by atoms with Gasteiger partial charge in [-0.15, -0.1) is 0 Å². The fourth-order valence-corrected chi connectivity index (χ4v) is 1.82. The van der Waals surface area contributed by atoms with E-state index in [-0.39, 0.29) is 11.6 Å². The Balaban J connectivity index is 1.88. The van der Waals surface area contributed by atoms with Gasteiger partial charge in [0.25, 0.3) is 0 Å². The SMILES string of the molecule is COc1cccc(NC(=O)NCc2ccc(C(=O)O)cc2)c1. The van der Waals surface area contributed by atoms with Crippen molar-refractivity contribution in [3.05, 3.63) is 59.7 Å². The molecule has 0 atom stereocenters. The standard InChI is InChI=1S/C16H16N2O4/c1-22-14-4-2-3-13(9-14)18-16(21)17-10-11-5-7-12(8-6-11)15(19)20/h2-9H,10H2,1H3,(H,19,20)(H2,17,18,21). The molecular weight excluding hydrogens is 284 g/mol. The summed E-state index contributed by atoms with van der Waals surface area (Å²) in [7, 11) is 1.56. The molecule has 2 amide bonds. The van der Waals surface area contributed by atoms with Crippen molar-refractivity contribution < 1.29 is 19.4 Å². The third kappa shape index (κ3) is 4.24. The largest absolute Gasteiger partial charge is 0.497 e. The average Bonchev–Trinajstić information content (AvgIpc) is 2.53. The van der Waals surface area contributed by atoms with E-state index in [0.29, 0.717) is 18.0 Å². The van der Waals surface area contributed by atoms with Gasteiger partial charge in [-0.05, 0) is 29.8 Å². The van der Waals surface area contributed by atoms with Crippen molar-refractivity contribution in [2.75, 3.05) is 12.4 Å². The summed E-state index contributed by atoms with van der Waals surface area (Å²) < 4.78 is 5.08. The second kappa shape index (κ2) is 7.12. The maximum absolute atomic E-state index is 11.8. The van der Waals surface area contributed by atoms with E-state index in [1.807, 2.05) is 0 Å². The molecule has 0 aliphatic rings. The number of nitrogens with one attached hydrogen (secondary N) is 2. The minimum Gasteiger partial charge on any atom is -0.497 e. The molecule has 2 aromatic carbocycles. The van der Waals surface area contributed by atoms with E-state index < -0.39 is 5.97 Å². The quantitative estimate of drug-likeness (QED) is 0.792. The summed E-state index contributed by atoms with van der Waals surface area (Å²) in [5.74, 6) is -0.322. The molecule has 6 nitrogen and oxygen atoms in total. The van der Waals surface area contributed by atoms with E-state index in [0.717, 1.165) is 5.56 Å². The smallest absolute Gasteiger partial charge is 0.335 e. The molecule has 0 radical (unpaired) electrons. The third-order valence-corrected chi connectivity index (χ3v) is 2.98. The van der Waals surface area contributed by atoms with Gasteiger partial charge in [-0.3, -0.25) is 0 Å². The van der Waals surface area contributed by atoms with Crippen LogP contribution in [0.5, 0.6) is 5.75 Å². The number of benzene rings is 2. The van der Waals surface area contributed by atoms with Crippen LogP contribution in [0.4, 0.5) is 10.5 Å². The van der Waals surface area contributed by atoms with Crippen LogP contribution in [0.1, 0.15) is 15.9 Å². The van der Waals surface area contributed by atoms with Crippen LogP contribution in [0.2, 0.25) is 0 Å². The summed E-state index contributed by atoms with van der Waals surface area (Å²) in [6, 6.07) is 13.0. The van der Waals surface area contributed by atoms with Crippen LogP contribution in [0, 0.1) is 0 Å². The number of ether oxygens (including phenoxy) is 1. The predicted octanol–water partition coefficient (Wildman–Crippen LogP) is 2.72. The van der Waals surface area contributed by atoms with Gasteiger partial charge < -0.3 is 20.5 Å². The van der Waals surface area contributed by atoms with Crippen molar-refractivity contribution in [2.24, 2.45) is 0 Å². The summed E-state index contributed by atoms with van der Waals surface area (Å²) in [6.45, 7) is 0.301. The molecule has 0 aliphatic heterocycles. The minimum absolute atomic E-state index is 0.213. The van der Waals surface area contributed by atoms with Gasteiger partial charge in [0.2, 0.25) is 0 Å². The molecular formula is C16H16N2O4. The molecule has 0 fully saturated rings. The molecule has 0 unspecified atom stereocenters. The molecule has 0 heterocycles. The zero-order valence-corrected chi connectivity index (χ0v) is 12.0. The summed E-state index contributed by atoms with van der Waals surface area (Å²) >= 11 is 0. The number of methoxy groups -OCH3 is 1. The Labute approximate surface area is 127 Å². The highest BCUT2D eigenvalue weighted by atomic mass is 16.5. The molecule has 6 heteroatoms. The van der Waals surface area contributed by atoms with Crippen LogP contribution in [0.3, 0.4) is 0 Å². The van der Waals surface area contributed by atoms with Crippen LogP contribution in [0.25, 0.3) is 0 Å². The van der Waals surface area contributed by atoms with Gasteiger partial charge in [-0.2, -0.15) is 0 Å². The molecule has 0 saturated heterocycles. The minimum atomic E-state index is -0.977. The molecule has 114 valence electrons. The van der Waals surface area contributed by atoms with Crippen LogP contribution < -0.4 is 15.4 Å². The lowest BCUT2D eigenvalue weighted by Gasteiger charge is -2.09. The van der Waals surface area contributed by atoms with Gasteiger partial charge in [-0.1, -0.05) is 18.2 Å². The van der Waals surface area contributed by atoms with Crippen molar-refractivity contribution in [3.8, 4) is 5.75 Å². The Hall–Kier alpha value is -3.02. The normalized spacial score (nSPS) is 9.86. The number of carboxylic acid groups (broad SMARTS) is 1. The second-order valence-corrected chi connectivity index (χ2v) is 4.54. The Bertz CT molecular complexity index is 668. The third-order valence-electron chi connectivity index (χ3n) is 2.98. The molecule has 0 aliphatic carbocycles. The van der Waals surface area contributed by atoms with Gasteiger partial charge in [0, 0.05) is 18.3 Å². The highest BCUT2D eigenvalue weighted by Gasteiger charge is 2.04. The number of aromatic carboxylic acids is 1. The highest BCUT2D eigenvalue weighted by molar-refractivity contribution is 5.89. The Morgan fingerprint density at radius 2 is 1.86 bits per heavy atom. The van der Waals surface area contributed by atoms with Gasteiger partial charge >= 0.3 is 12.0 Å². The van der Waals surface area contributed by atoms with Crippen LogP contribution in [-0.4, -0.2) is 24.2 Å². The molecule has 2 aromatic rings. The van der Waals surface area contributed by atoms with Gasteiger partial charge in [-0.25, -0.2) is 9.59 Å². The number of anilines is 1. The van der Waals surface area contributed by atoms with E-state index in [9.17, 15) is 9.59 Å². The van der Waals surface area contributed by atoms with Crippen LogP contribution in [0.15, 0.2) is 48.5 Å². The molecule has 0 spiro atoms. The topological polar surface area (TPSA) is 87.7 Å². The van der Waals surface area contributed by atoms with Crippen molar-refractivity contribution in [1.82, 2.24) is 5.32 Å². The maximum atomic E-state index is 11.8. The maximum Gasteiger partial charge on any atom is 0.335 e. The van der Waals surface area contributed by atoms with Gasteiger partial charge in [0.1, 0.15) is 5.75 Å². The number of hydrogen-bond donors (Lipinski definition) is 3. The zero-order valence-electron chi connectivity index (χ0n) is 12.0. The van der Waals surface area contributed by atoms with E-state index >= 15 is 0 Å². The Morgan fingerprint density at radius 3 is 2.50 bits per heavy atom. The molecule has 2 rings (SSSR count). The monoisotopic (exact) mass is 300 g/mol. The zero-order chi connectivity index (χ0) is 15.9. The summed E-state index contributed by atoms with van der Waals surface area (Å²) in [5, 5.41) is 14.2. The van der Waals surface area contributed by atoms with E-state index in [1.54, 1.807) is 43.5 Å². The fraction of sp³-hybridized carbons (Fsp3) is 0.125.